The first-order chi connectivity index (χ1) is 7.33. The number of hydrogen-bond acceptors (Lipinski definition) is 3. The number of aromatic nitrogens is 2. The molecule has 4 heteroatoms. The predicted octanol–water partition coefficient (Wildman–Crippen LogP) is 3.58. The van der Waals surface area contributed by atoms with Gasteiger partial charge in [-0.25, -0.2) is 4.98 Å². The molecule has 3 rings (SSSR count). The number of fused-ring (bicyclic) bond motifs is 1. The molecule has 1 N–H and O–H groups in total. The molecule has 74 valence electrons. The number of imidazole rings is 1. The smallest absolute Gasteiger partial charge is 0.148 e. The van der Waals surface area contributed by atoms with Gasteiger partial charge in [0.2, 0.25) is 0 Å². The highest BCUT2D eigenvalue weighted by Crippen LogP contribution is 2.25. The molecule has 0 atom stereocenters. The van der Waals surface area contributed by atoms with Gasteiger partial charge >= 0.3 is 0 Å². The van der Waals surface area contributed by atoms with Crippen molar-refractivity contribution in [1.82, 2.24) is 9.97 Å². The fourth-order valence-electron chi connectivity index (χ4n) is 1.53. The lowest BCUT2D eigenvalue weighted by atomic mass is 10.3. The largest absolute Gasteiger partial charge is 0.337 e. The molecule has 0 aliphatic rings. The van der Waals surface area contributed by atoms with Gasteiger partial charge in [-0.2, -0.15) is 0 Å². The third kappa shape index (κ3) is 1.56. The summed E-state index contributed by atoms with van der Waals surface area (Å²) < 4.78 is 0. The SMILES string of the molecule is Sc1ccc2nc(-c3cccs3)[nH]c2c1. The molecule has 0 bridgehead atoms. The Morgan fingerprint density at radius 2 is 2.20 bits per heavy atom. The lowest BCUT2D eigenvalue weighted by Gasteiger charge is -1.88. The number of nitrogens with one attached hydrogen (secondary N) is 1. The summed E-state index contributed by atoms with van der Waals surface area (Å²) >= 11 is 5.98. The summed E-state index contributed by atoms with van der Waals surface area (Å²) in [5.74, 6) is 0.930. The quantitative estimate of drug-likeness (QED) is 0.617. The molecule has 2 aromatic heterocycles. The van der Waals surface area contributed by atoms with E-state index in [0.717, 1.165) is 26.6 Å². The Kier molecular flexibility index (Phi) is 2.04. The Hall–Kier alpha value is -1.26. The van der Waals surface area contributed by atoms with Crippen LogP contribution in [0.3, 0.4) is 0 Å². The van der Waals surface area contributed by atoms with E-state index in [4.69, 9.17) is 0 Å². The standard InChI is InChI=1S/C11H8N2S2/c14-7-3-4-8-9(6-7)13-11(12-8)10-2-1-5-15-10/h1-6,14H,(H,12,13). The van der Waals surface area contributed by atoms with Crippen molar-refractivity contribution >= 4 is 35.0 Å². The highest BCUT2D eigenvalue weighted by Gasteiger charge is 2.05. The minimum absolute atomic E-state index is 0.930. The number of rotatable bonds is 1. The predicted molar refractivity (Wildman–Crippen MR) is 66.7 cm³/mol. The second kappa shape index (κ2) is 3.40. The molecular weight excluding hydrogens is 224 g/mol. The molecule has 0 radical (unpaired) electrons. The topological polar surface area (TPSA) is 28.7 Å². The van der Waals surface area contributed by atoms with Crippen LogP contribution >= 0.6 is 24.0 Å². The zero-order valence-corrected chi connectivity index (χ0v) is 9.48. The molecule has 0 saturated heterocycles. The number of thiophene rings is 1. The summed E-state index contributed by atoms with van der Waals surface area (Å²) in [6, 6.07) is 10.00. The monoisotopic (exact) mass is 232 g/mol. The molecule has 0 amide bonds. The molecule has 0 aliphatic carbocycles. The molecule has 0 unspecified atom stereocenters. The van der Waals surface area contributed by atoms with Crippen LogP contribution in [0.4, 0.5) is 0 Å². The second-order valence-electron chi connectivity index (χ2n) is 3.26. The molecule has 2 nitrogen and oxygen atoms in total. The first kappa shape index (κ1) is 9.00. The molecule has 0 fully saturated rings. The summed E-state index contributed by atoms with van der Waals surface area (Å²) in [5, 5.41) is 2.05. The maximum Gasteiger partial charge on any atom is 0.148 e. The number of thiol groups is 1. The summed E-state index contributed by atoms with van der Waals surface area (Å²) in [5.41, 5.74) is 2.02. The highest BCUT2D eigenvalue weighted by atomic mass is 32.1. The summed E-state index contributed by atoms with van der Waals surface area (Å²) in [6.07, 6.45) is 0. The average Bonchev–Trinajstić information content (AvgIpc) is 2.84. The first-order valence-electron chi connectivity index (χ1n) is 4.55. The van der Waals surface area contributed by atoms with E-state index in [1.165, 1.54) is 0 Å². The third-order valence-electron chi connectivity index (χ3n) is 2.22. The number of benzene rings is 1. The van der Waals surface area contributed by atoms with Gasteiger partial charge in [-0.3, -0.25) is 0 Å². The fraction of sp³-hybridized carbons (Fsp3) is 0. The average molecular weight is 232 g/mol. The fourth-order valence-corrected chi connectivity index (χ4v) is 2.40. The van der Waals surface area contributed by atoms with Crippen LogP contribution < -0.4 is 0 Å². The van der Waals surface area contributed by atoms with E-state index < -0.39 is 0 Å². The zero-order chi connectivity index (χ0) is 10.3. The van der Waals surface area contributed by atoms with Crippen LogP contribution in [0, 0.1) is 0 Å². The molecule has 2 heterocycles. The van der Waals surface area contributed by atoms with E-state index in [0.29, 0.717) is 0 Å². The Morgan fingerprint density at radius 1 is 1.27 bits per heavy atom. The van der Waals surface area contributed by atoms with Crippen molar-refractivity contribution in [3.63, 3.8) is 0 Å². The van der Waals surface area contributed by atoms with Gasteiger partial charge < -0.3 is 4.98 Å². The number of hydrogen-bond donors (Lipinski definition) is 2. The third-order valence-corrected chi connectivity index (χ3v) is 3.37. The normalized spacial score (nSPS) is 11.0. The maximum atomic E-state index is 4.52. The number of H-pyrrole nitrogens is 1. The molecule has 0 spiro atoms. The van der Waals surface area contributed by atoms with Gasteiger partial charge in [-0.15, -0.1) is 24.0 Å². The maximum absolute atomic E-state index is 4.52. The van der Waals surface area contributed by atoms with E-state index in [1.807, 2.05) is 29.6 Å². The van der Waals surface area contributed by atoms with Crippen molar-refractivity contribution in [2.45, 2.75) is 4.90 Å². The van der Waals surface area contributed by atoms with Crippen LogP contribution in [0.1, 0.15) is 0 Å². The Bertz CT molecular complexity index is 596. The van der Waals surface area contributed by atoms with Crippen LogP contribution in [0.15, 0.2) is 40.6 Å². The minimum atomic E-state index is 0.930. The molecule has 0 aliphatic heterocycles. The van der Waals surface area contributed by atoms with Gasteiger partial charge in [0.25, 0.3) is 0 Å². The van der Waals surface area contributed by atoms with Crippen molar-refractivity contribution < 1.29 is 0 Å². The van der Waals surface area contributed by atoms with Gasteiger partial charge in [-0.05, 0) is 29.6 Å². The lowest BCUT2D eigenvalue weighted by Crippen LogP contribution is -1.72. The summed E-state index contributed by atoms with van der Waals surface area (Å²) in [7, 11) is 0. The lowest BCUT2D eigenvalue weighted by molar-refractivity contribution is 1.36. The molecular formula is C11H8N2S2. The Labute approximate surface area is 96.4 Å². The van der Waals surface area contributed by atoms with Gasteiger partial charge in [-0.1, -0.05) is 6.07 Å². The van der Waals surface area contributed by atoms with E-state index in [2.05, 4.69) is 28.7 Å². The van der Waals surface area contributed by atoms with Crippen LogP contribution in [0.2, 0.25) is 0 Å². The van der Waals surface area contributed by atoms with Gasteiger partial charge in [0.1, 0.15) is 5.82 Å². The molecule has 3 aromatic rings. The highest BCUT2D eigenvalue weighted by molar-refractivity contribution is 7.80. The number of nitrogens with zero attached hydrogens (tertiary/aromatic N) is 1. The first-order valence-corrected chi connectivity index (χ1v) is 5.88. The van der Waals surface area contributed by atoms with Crippen molar-refractivity contribution in [3.8, 4) is 10.7 Å². The van der Waals surface area contributed by atoms with Crippen molar-refractivity contribution in [1.29, 1.82) is 0 Å². The Balaban J connectivity index is 2.22. The van der Waals surface area contributed by atoms with Gasteiger partial charge in [0, 0.05) is 4.90 Å². The summed E-state index contributed by atoms with van der Waals surface area (Å²) in [4.78, 5) is 9.91. The second-order valence-corrected chi connectivity index (χ2v) is 4.73. The van der Waals surface area contributed by atoms with E-state index in [-0.39, 0.29) is 0 Å². The number of aromatic amines is 1. The molecule has 0 saturated carbocycles. The molecule has 15 heavy (non-hydrogen) atoms. The Morgan fingerprint density at radius 3 is 3.00 bits per heavy atom. The van der Waals surface area contributed by atoms with Crippen molar-refractivity contribution in [2.24, 2.45) is 0 Å². The van der Waals surface area contributed by atoms with E-state index in [1.54, 1.807) is 11.3 Å². The minimum Gasteiger partial charge on any atom is -0.337 e. The van der Waals surface area contributed by atoms with Crippen molar-refractivity contribution in [2.75, 3.05) is 0 Å². The van der Waals surface area contributed by atoms with Gasteiger partial charge in [0.05, 0.1) is 15.9 Å². The van der Waals surface area contributed by atoms with E-state index in [9.17, 15) is 0 Å². The van der Waals surface area contributed by atoms with Crippen LogP contribution in [0.25, 0.3) is 21.7 Å². The van der Waals surface area contributed by atoms with Crippen LogP contribution in [0.5, 0.6) is 0 Å². The van der Waals surface area contributed by atoms with Crippen molar-refractivity contribution in [3.05, 3.63) is 35.7 Å². The van der Waals surface area contributed by atoms with Crippen LogP contribution in [-0.4, -0.2) is 9.97 Å². The molecule has 1 aromatic carbocycles. The summed E-state index contributed by atoms with van der Waals surface area (Å²) in [6.45, 7) is 0. The van der Waals surface area contributed by atoms with Crippen LogP contribution in [-0.2, 0) is 0 Å². The van der Waals surface area contributed by atoms with E-state index >= 15 is 0 Å². The van der Waals surface area contributed by atoms with Gasteiger partial charge in [0.15, 0.2) is 0 Å². The zero-order valence-electron chi connectivity index (χ0n) is 7.77.